The Morgan fingerprint density at radius 3 is 2.31 bits per heavy atom. The molecule has 1 atom stereocenters. The number of hydrogen-bond acceptors (Lipinski definition) is 5. The molecule has 2 rings (SSSR count). The summed E-state index contributed by atoms with van der Waals surface area (Å²) in [7, 11) is 0. The number of hydrogen-bond donors (Lipinski definition) is 3. The number of amides is 3. The molecule has 1 aromatic heterocycles. The molecular weight excluding hydrogens is 425 g/mol. The predicted octanol–water partition coefficient (Wildman–Crippen LogP) is 5.23. The summed E-state index contributed by atoms with van der Waals surface area (Å²) < 4.78 is 38.5. The lowest BCUT2D eigenvalue weighted by atomic mass is 10.1. The highest BCUT2D eigenvalue weighted by Crippen LogP contribution is 2.20. The van der Waals surface area contributed by atoms with Crippen molar-refractivity contribution in [1.82, 2.24) is 21.1 Å². The van der Waals surface area contributed by atoms with E-state index in [4.69, 9.17) is 4.42 Å². The minimum absolute atomic E-state index is 0.184. The summed E-state index contributed by atoms with van der Waals surface area (Å²) >= 11 is 0. The summed E-state index contributed by atoms with van der Waals surface area (Å²) in [5.74, 6) is 0.714. The second kappa shape index (κ2) is 16.5. The Hall–Kier alpha value is -2.07. The molecule has 0 unspecified atom stereocenters. The molecule has 2 heterocycles. The second-order valence-electron chi connectivity index (χ2n) is 7.22. The molecule has 7 nitrogen and oxygen atoms in total. The Morgan fingerprint density at radius 2 is 1.88 bits per heavy atom. The van der Waals surface area contributed by atoms with Gasteiger partial charge in [-0.15, -0.1) is 0 Å². The van der Waals surface area contributed by atoms with Crippen LogP contribution < -0.4 is 16.2 Å². The lowest BCUT2D eigenvalue weighted by molar-refractivity contribution is -0.134. The van der Waals surface area contributed by atoms with Crippen LogP contribution in [-0.2, 0) is 4.79 Å². The minimum atomic E-state index is -3.95. The van der Waals surface area contributed by atoms with E-state index in [0.29, 0.717) is 6.54 Å². The van der Waals surface area contributed by atoms with Gasteiger partial charge in [0.05, 0.1) is 6.26 Å². The first kappa shape index (κ1) is 29.9. The number of furan rings is 1. The van der Waals surface area contributed by atoms with E-state index in [1.54, 1.807) is 11.2 Å². The maximum Gasteiger partial charge on any atom is 0.389 e. The molecule has 1 fully saturated rings. The van der Waals surface area contributed by atoms with Crippen molar-refractivity contribution in [2.75, 3.05) is 19.6 Å². The number of aryl methyl sites for hydroxylation is 1. The average Bonchev–Trinajstić information content (AvgIpc) is 3.29. The van der Waals surface area contributed by atoms with Crippen LogP contribution in [0.2, 0.25) is 0 Å². The van der Waals surface area contributed by atoms with Gasteiger partial charge >= 0.3 is 12.2 Å². The van der Waals surface area contributed by atoms with Gasteiger partial charge in [-0.1, -0.05) is 34.1 Å². The second-order valence-corrected chi connectivity index (χ2v) is 7.22. The highest BCUT2D eigenvalue weighted by atomic mass is 19.4. The van der Waals surface area contributed by atoms with Crippen LogP contribution >= 0.6 is 0 Å². The van der Waals surface area contributed by atoms with E-state index in [9.17, 15) is 22.8 Å². The topological polar surface area (TPSA) is 86.6 Å². The number of alkyl halides is 3. The number of carbonyl (C=O) groups excluding carboxylic acids is 2. The van der Waals surface area contributed by atoms with Gasteiger partial charge in [0.2, 0.25) is 5.91 Å². The molecule has 1 aliphatic rings. The molecule has 0 bridgehead atoms. The number of nitrogens with one attached hydrogen (secondary N) is 3. The van der Waals surface area contributed by atoms with Gasteiger partial charge in [0, 0.05) is 31.1 Å². The van der Waals surface area contributed by atoms with E-state index in [1.165, 1.54) is 6.92 Å². The van der Waals surface area contributed by atoms with Crippen LogP contribution in [0, 0.1) is 6.92 Å². The molecule has 186 valence electrons. The molecule has 1 aliphatic heterocycles. The molecular formula is C22H39F3N4O3. The Balaban J connectivity index is 0.000000911. The van der Waals surface area contributed by atoms with Crippen LogP contribution in [-0.4, -0.2) is 42.6 Å². The first-order valence-corrected chi connectivity index (χ1v) is 11.3. The standard InChI is InChI=1S/C16H26N4O3.C4H7F3.C2H6/c1-3-14(13-9-12(2)23-11-13)19-17-7-5-4-6-8-20-10-15(21)18-16(20)22;1-2-3-4(5,6)7;1-2/h9,11,14,17,19H,3-8,10H2,1-2H3,(H,18,21,22);2-3H2,1H3;1-2H3/t14-;;/m1../s1. The minimum Gasteiger partial charge on any atom is -0.469 e. The third-order valence-corrected chi connectivity index (χ3v) is 4.47. The van der Waals surface area contributed by atoms with Crippen LogP contribution in [0.5, 0.6) is 0 Å². The van der Waals surface area contributed by atoms with Gasteiger partial charge in [0.25, 0.3) is 0 Å². The van der Waals surface area contributed by atoms with Gasteiger partial charge in [-0.05, 0) is 38.7 Å². The Morgan fingerprint density at radius 1 is 1.19 bits per heavy atom. The van der Waals surface area contributed by atoms with Crippen molar-refractivity contribution >= 4 is 11.9 Å². The van der Waals surface area contributed by atoms with E-state index in [1.807, 2.05) is 26.8 Å². The number of nitrogens with zero attached hydrogens (tertiary/aromatic N) is 1. The molecule has 3 amide bonds. The summed E-state index contributed by atoms with van der Waals surface area (Å²) in [5.41, 5.74) is 7.72. The maximum absolute atomic E-state index is 11.4. The SMILES string of the molecule is CC.CCCC(F)(F)F.CC[C@@H](NNCCCCCN1CC(=O)NC1=O)c1coc(C)c1. The fourth-order valence-electron chi connectivity index (χ4n) is 2.90. The highest BCUT2D eigenvalue weighted by molar-refractivity contribution is 6.01. The van der Waals surface area contributed by atoms with E-state index in [-0.39, 0.29) is 30.9 Å². The molecule has 1 saturated heterocycles. The fourth-order valence-corrected chi connectivity index (χ4v) is 2.90. The monoisotopic (exact) mass is 464 g/mol. The fraction of sp³-hybridized carbons (Fsp3) is 0.727. The zero-order valence-corrected chi connectivity index (χ0v) is 19.9. The lowest BCUT2D eigenvalue weighted by Crippen LogP contribution is -2.35. The Labute approximate surface area is 189 Å². The summed E-state index contributed by atoms with van der Waals surface area (Å²) in [5, 5.41) is 2.28. The van der Waals surface area contributed by atoms with Crippen molar-refractivity contribution in [2.45, 2.75) is 85.4 Å². The first-order valence-electron chi connectivity index (χ1n) is 11.3. The number of urea groups is 1. The number of hydrazine groups is 1. The third kappa shape index (κ3) is 13.4. The largest absolute Gasteiger partial charge is 0.469 e. The molecule has 1 aromatic rings. The third-order valence-electron chi connectivity index (χ3n) is 4.47. The smallest absolute Gasteiger partial charge is 0.389 e. The van der Waals surface area contributed by atoms with Gasteiger partial charge in [-0.3, -0.25) is 21.0 Å². The van der Waals surface area contributed by atoms with Gasteiger partial charge < -0.3 is 9.32 Å². The van der Waals surface area contributed by atoms with Gasteiger partial charge in [-0.2, -0.15) is 13.2 Å². The highest BCUT2D eigenvalue weighted by Gasteiger charge is 2.25. The predicted molar refractivity (Wildman–Crippen MR) is 119 cm³/mol. The number of carbonyl (C=O) groups is 2. The average molecular weight is 465 g/mol. The van der Waals surface area contributed by atoms with Crippen LogP contribution in [0.3, 0.4) is 0 Å². The summed E-state index contributed by atoms with van der Waals surface area (Å²) in [6, 6.07) is 2.02. The zero-order valence-electron chi connectivity index (χ0n) is 19.9. The molecule has 0 radical (unpaired) electrons. The van der Waals surface area contributed by atoms with Crippen LogP contribution in [0.4, 0.5) is 18.0 Å². The molecule has 10 heteroatoms. The van der Waals surface area contributed by atoms with Crippen molar-refractivity contribution in [3.63, 3.8) is 0 Å². The van der Waals surface area contributed by atoms with Crippen molar-refractivity contribution in [3.8, 4) is 0 Å². The van der Waals surface area contributed by atoms with Crippen LogP contribution in [0.1, 0.15) is 83.6 Å². The summed E-state index contributed by atoms with van der Waals surface area (Å²) in [4.78, 5) is 24.0. The number of imide groups is 1. The molecule has 0 saturated carbocycles. The molecule has 3 N–H and O–H groups in total. The first-order chi connectivity index (χ1) is 15.2. The Bertz CT molecular complexity index is 651. The van der Waals surface area contributed by atoms with E-state index in [2.05, 4.69) is 23.1 Å². The quantitative estimate of drug-likeness (QED) is 0.237. The van der Waals surface area contributed by atoms with Gasteiger partial charge in [-0.25, -0.2) is 4.79 Å². The van der Waals surface area contributed by atoms with E-state index < -0.39 is 12.6 Å². The van der Waals surface area contributed by atoms with Crippen molar-refractivity contribution in [3.05, 3.63) is 23.7 Å². The Kier molecular flexibility index (Phi) is 15.5. The molecule has 0 aliphatic carbocycles. The van der Waals surface area contributed by atoms with E-state index in [0.717, 1.165) is 43.6 Å². The molecule has 0 spiro atoms. The lowest BCUT2D eigenvalue weighted by Gasteiger charge is -2.16. The van der Waals surface area contributed by atoms with Crippen molar-refractivity contribution < 1.29 is 27.2 Å². The molecule has 32 heavy (non-hydrogen) atoms. The maximum atomic E-state index is 11.4. The number of rotatable bonds is 11. The van der Waals surface area contributed by atoms with Crippen molar-refractivity contribution in [2.24, 2.45) is 0 Å². The normalized spacial score (nSPS) is 14.3. The van der Waals surface area contributed by atoms with Gasteiger partial charge in [0.15, 0.2) is 0 Å². The van der Waals surface area contributed by atoms with Crippen molar-refractivity contribution in [1.29, 1.82) is 0 Å². The van der Waals surface area contributed by atoms with Crippen LogP contribution in [0.25, 0.3) is 0 Å². The van der Waals surface area contributed by atoms with Crippen LogP contribution in [0.15, 0.2) is 16.7 Å². The summed E-state index contributed by atoms with van der Waals surface area (Å²) in [6.07, 6.45) is 1.27. The molecule has 0 aromatic carbocycles. The number of halogens is 3. The zero-order chi connectivity index (χ0) is 24.6. The number of unbranched alkanes of at least 4 members (excludes halogenated alkanes) is 2. The van der Waals surface area contributed by atoms with E-state index >= 15 is 0 Å². The van der Waals surface area contributed by atoms with Gasteiger partial charge in [0.1, 0.15) is 12.3 Å². The summed E-state index contributed by atoms with van der Waals surface area (Å²) in [6.45, 7) is 11.3.